The molecule has 0 amide bonds. The summed E-state index contributed by atoms with van der Waals surface area (Å²) in [5.41, 5.74) is 0. The van der Waals surface area contributed by atoms with Gasteiger partial charge in [0.15, 0.2) is 5.82 Å². The molecule has 1 aliphatic rings. The van der Waals surface area contributed by atoms with Crippen molar-refractivity contribution in [2.75, 3.05) is 19.8 Å². The Labute approximate surface area is 89.0 Å². The summed E-state index contributed by atoms with van der Waals surface area (Å²) < 4.78 is 45.7. The zero-order chi connectivity index (χ0) is 11.6. The van der Waals surface area contributed by atoms with Crippen LogP contribution in [0.4, 0.5) is 13.2 Å². The molecule has 0 aromatic carbocycles. The van der Waals surface area contributed by atoms with Crippen LogP contribution >= 0.6 is 0 Å². The number of morpholine rings is 1. The lowest BCUT2D eigenvalue weighted by molar-refractivity contribution is -0.131. The first-order chi connectivity index (χ1) is 7.54. The molecule has 0 radical (unpaired) electrons. The van der Waals surface area contributed by atoms with E-state index in [1.54, 1.807) is 0 Å². The second-order valence-corrected chi connectivity index (χ2v) is 3.42. The smallest absolute Gasteiger partial charge is 0.378 e. The summed E-state index contributed by atoms with van der Waals surface area (Å²) in [5.74, 6) is -0.214. The van der Waals surface area contributed by atoms with Crippen LogP contribution < -0.4 is 5.32 Å². The summed E-state index contributed by atoms with van der Waals surface area (Å²) in [6, 6.07) is -0.292. The molecule has 16 heavy (non-hydrogen) atoms. The van der Waals surface area contributed by atoms with Crippen LogP contribution in [0.15, 0.2) is 4.52 Å². The second-order valence-electron chi connectivity index (χ2n) is 3.42. The molecule has 8 heteroatoms. The van der Waals surface area contributed by atoms with Crippen molar-refractivity contribution in [1.82, 2.24) is 15.5 Å². The van der Waals surface area contributed by atoms with Crippen LogP contribution in [0.25, 0.3) is 0 Å². The third kappa shape index (κ3) is 2.92. The van der Waals surface area contributed by atoms with Crippen LogP contribution in [0.1, 0.15) is 17.8 Å². The first-order valence-electron chi connectivity index (χ1n) is 4.75. The fourth-order valence-electron chi connectivity index (χ4n) is 1.38. The zero-order valence-corrected chi connectivity index (χ0v) is 8.25. The maximum atomic E-state index is 12.0. The molecule has 1 saturated heterocycles. The summed E-state index contributed by atoms with van der Waals surface area (Å²) in [6.07, 6.45) is -5.53. The van der Waals surface area contributed by atoms with Crippen molar-refractivity contribution in [3.8, 4) is 0 Å². The van der Waals surface area contributed by atoms with Crippen LogP contribution in [0.3, 0.4) is 0 Å². The van der Waals surface area contributed by atoms with E-state index in [1.165, 1.54) is 0 Å². The number of halogens is 3. The standard InChI is InChI=1S/C8H10F3N3O2/c9-8(10,11)3-6-13-7(14-16-6)5-4-15-2-1-12-5/h5,12H,1-4H2. The minimum Gasteiger partial charge on any atom is -0.378 e. The minimum absolute atomic E-state index is 0.207. The number of ether oxygens (including phenoxy) is 1. The third-order valence-corrected chi connectivity index (χ3v) is 2.07. The largest absolute Gasteiger partial charge is 0.397 e. The molecule has 1 atom stereocenters. The summed E-state index contributed by atoms with van der Waals surface area (Å²) in [7, 11) is 0. The molecule has 90 valence electrons. The fourth-order valence-corrected chi connectivity index (χ4v) is 1.38. The molecule has 2 heterocycles. The maximum Gasteiger partial charge on any atom is 0.397 e. The van der Waals surface area contributed by atoms with Gasteiger partial charge in [0.05, 0.1) is 19.3 Å². The molecule has 1 N–H and O–H groups in total. The topological polar surface area (TPSA) is 60.2 Å². The Bertz CT molecular complexity index is 347. The summed E-state index contributed by atoms with van der Waals surface area (Å²) in [5, 5.41) is 6.52. The molecular weight excluding hydrogens is 227 g/mol. The van der Waals surface area contributed by atoms with Crippen LogP contribution in [0.5, 0.6) is 0 Å². The van der Waals surface area contributed by atoms with Crippen molar-refractivity contribution in [2.45, 2.75) is 18.6 Å². The van der Waals surface area contributed by atoms with Gasteiger partial charge in [0.25, 0.3) is 0 Å². The van der Waals surface area contributed by atoms with Gasteiger partial charge in [-0.1, -0.05) is 5.16 Å². The van der Waals surface area contributed by atoms with Crippen molar-refractivity contribution >= 4 is 0 Å². The molecule has 0 aliphatic carbocycles. The molecule has 0 saturated carbocycles. The Balaban J connectivity index is 2.01. The second kappa shape index (κ2) is 4.38. The first kappa shape index (κ1) is 11.3. The van der Waals surface area contributed by atoms with Crippen molar-refractivity contribution in [3.05, 3.63) is 11.7 Å². The average molecular weight is 237 g/mol. The van der Waals surface area contributed by atoms with E-state index in [2.05, 4.69) is 20.0 Å². The van der Waals surface area contributed by atoms with E-state index in [1.807, 2.05) is 0 Å². The predicted molar refractivity (Wildman–Crippen MR) is 45.6 cm³/mol. The molecule has 0 spiro atoms. The highest BCUT2D eigenvalue weighted by Crippen LogP contribution is 2.21. The van der Waals surface area contributed by atoms with Gasteiger partial charge >= 0.3 is 6.18 Å². The number of nitrogens with one attached hydrogen (secondary N) is 1. The van der Waals surface area contributed by atoms with Crippen LogP contribution in [-0.2, 0) is 11.2 Å². The summed E-state index contributed by atoms with van der Waals surface area (Å²) in [6.45, 7) is 1.53. The van der Waals surface area contributed by atoms with E-state index < -0.39 is 18.5 Å². The molecule has 0 bridgehead atoms. The fraction of sp³-hybridized carbons (Fsp3) is 0.750. The minimum atomic E-state index is -4.33. The van der Waals surface area contributed by atoms with Crippen molar-refractivity contribution in [3.63, 3.8) is 0 Å². The van der Waals surface area contributed by atoms with E-state index in [0.717, 1.165) is 0 Å². The predicted octanol–water partition coefficient (Wildman–Crippen LogP) is 0.835. The highest BCUT2D eigenvalue weighted by molar-refractivity contribution is 4.96. The Hall–Kier alpha value is -1.15. The van der Waals surface area contributed by atoms with Crippen molar-refractivity contribution in [2.24, 2.45) is 0 Å². The number of aromatic nitrogens is 2. The molecule has 2 rings (SSSR count). The molecule has 1 unspecified atom stereocenters. The number of hydrogen-bond acceptors (Lipinski definition) is 5. The normalized spacial score (nSPS) is 22.3. The summed E-state index contributed by atoms with van der Waals surface area (Å²) >= 11 is 0. The van der Waals surface area contributed by atoms with Gasteiger partial charge in [0.1, 0.15) is 6.42 Å². The molecule has 1 aromatic rings. The molecule has 5 nitrogen and oxygen atoms in total. The lowest BCUT2D eigenvalue weighted by Crippen LogP contribution is -2.35. The zero-order valence-electron chi connectivity index (χ0n) is 8.25. The van der Waals surface area contributed by atoms with Crippen LogP contribution in [0, 0.1) is 0 Å². The van der Waals surface area contributed by atoms with Gasteiger partial charge in [0, 0.05) is 6.54 Å². The molecular formula is C8H10F3N3O2. The maximum absolute atomic E-state index is 12.0. The Morgan fingerprint density at radius 3 is 2.88 bits per heavy atom. The van der Waals surface area contributed by atoms with E-state index in [0.29, 0.717) is 19.8 Å². The quantitative estimate of drug-likeness (QED) is 0.825. The van der Waals surface area contributed by atoms with Crippen molar-refractivity contribution < 1.29 is 22.4 Å². The number of hydrogen-bond donors (Lipinski definition) is 1. The van der Waals surface area contributed by atoms with E-state index >= 15 is 0 Å². The average Bonchev–Trinajstić information content (AvgIpc) is 2.65. The Morgan fingerprint density at radius 1 is 1.44 bits per heavy atom. The molecule has 1 fully saturated rings. The number of nitrogens with zero attached hydrogens (tertiary/aromatic N) is 2. The van der Waals surface area contributed by atoms with E-state index in [-0.39, 0.29) is 11.9 Å². The van der Waals surface area contributed by atoms with Gasteiger partial charge in [-0.2, -0.15) is 18.2 Å². The SMILES string of the molecule is FC(F)(F)Cc1nc(C2COCCN2)no1. The Kier molecular flexibility index (Phi) is 3.10. The van der Waals surface area contributed by atoms with Gasteiger partial charge in [-0.25, -0.2) is 0 Å². The van der Waals surface area contributed by atoms with E-state index in [9.17, 15) is 13.2 Å². The monoisotopic (exact) mass is 237 g/mol. The lowest BCUT2D eigenvalue weighted by atomic mass is 10.2. The highest BCUT2D eigenvalue weighted by atomic mass is 19.4. The highest BCUT2D eigenvalue weighted by Gasteiger charge is 2.32. The molecule has 1 aliphatic heterocycles. The van der Waals surface area contributed by atoms with Crippen LogP contribution in [0.2, 0.25) is 0 Å². The van der Waals surface area contributed by atoms with Crippen LogP contribution in [-0.4, -0.2) is 36.1 Å². The van der Waals surface area contributed by atoms with Crippen molar-refractivity contribution in [1.29, 1.82) is 0 Å². The summed E-state index contributed by atoms with van der Waals surface area (Å²) in [4.78, 5) is 3.68. The van der Waals surface area contributed by atoms with Gasteiger partial charge in [-0.3, -0.25) is 0 Å². The molecule has 1 aromatic heterocycles. The number of alkyl halides is 3. The van der Waals surface area contributed by atoms with Gasteiger partial charge in [-0.05, 0) is 0 Å². The van der Waals surface area contributed by atoms with Gasteiger partial charge in [0.2, 0.25) is 5.89 Å². The third-order valence-electron chi connectivity index (χ3n) is 2.07. The number of rotatable bonds is 2. The Morgan fingerprint density at radius 2 is 2.25 bits per heavy atom. The lowest BCUT2D eigenvalue weighted by Gasteiger charge is -2.20. The van der Waals surface area contributed by atoms with Gasteiger partial charge in [-0.15, -0.1) is 0 Å². The first-order valence-corrected chi connectivity index (χ1v) is 4.75. The van der Waals surface area contributed by atoms with E-state index in [4.69, 9.17) is 4.74 Å². The van der Waals surface area contributed by atoms with Gasteiger partial charge < -0.3 is 14.6 Å².